The van der Waals surface area contributed by atoms with Gasteiger partial charge in [-0.2, -0.15) is 0 Å². The zero-order chi connectivity index (χ0) is 7.68. The van der Waals surface area contributed by atoms with Crippen molar-refractivity contribution in [1.29, 1.82) is 0 Å². The van der Waals surface area contributed by atoms with Gasteiger partial charge in [0.1, 0.15) is 4.60 Å². The molecule has 0 aliphatic carbocycles. The molecule has 1 aliphatic rings. The highest BCUT2D eigenvalue weighted by Gasteiger charge is 2.17. The van der Waals surface area contributed by atoms with Gasteiger partial charge in [-0.25, -0.2) is 4.98 Å². The zero-order valence-electron chi connectivity index (χ0n) is 6.05. The number of hydrogen-bond donors (Lipinski definition) is 1. The average molecular weight is 213 g/mol. The van der Waals surface area contributed by atoms with Crippen molar-refractivity contribution < 1.29 is 0 Å². The van der Waals surface area contributed by atoms with Crippen molar-refractivity contribution in [3.8, 4) is 0 Å². The Morgan fingerprint density at radius 2 is 2.45 bits per heavy atom. The van der Waals surface area contributed by atoms with Gasteiger partial charge in [-0.1, -0.05) is 0 Å². The SMILES string of the molecule is Brc1cc([C@H]2CCN2)ccn1. The van der Waals surface area contributed by atoms with Crippen LogP contribution >= 0.6 is 15.9 Å². The van der Waals surface area contributed by atoms with E-state index in [0.717, 1.165) is 11.1 Å². The predicted octanol–water partition coefficient (Wildman–Crippen LogP) is 1.88. The maximum absolute atomic E-state index is 4.07. The van der Waals surface area contributed by atoms with Crippen molar-refractivity contribution in [3.05, 3.63) is 28.5 Å². The molecule has 0 amide bonds. The average Bonchev–Trinajstić information content (AvgIpc) is 1.83. The van der Waals surface area contributed by atoms with E-state index in [2.05, 4.69) is 38.4 Å². The van der Waals surface area contributed by atoms with E-state index in [0.29, 0.717) is 6.04 Å². The van der Waals surface area contributed by atoms with Crippen LogP contribution in [0.4, 0.5) is 0 Å². The number of halogens is 1. The largest absolute Gasteiger partial charge is 0.310 e. The third-order valence-electron chi connectivity index (χ3n) is 1.98. The number of rotatable bonds is 1. The fourth-order valence-electron chi connectivity index (χ4n) is 1.21. The summed E-state index contributed by atoms with van der Waals surface area (Å²) >= 11 is 3.34. The van der Waals surface area contributed by atoms with Gasteiger partial charge < -0.3 is 5.32 Å². The molecule has 0 unspecified atom stereocenters. The standard InChI is InChI=1S/C8H9BrN2/c9-8-5-6(1-3-11-8)7-2-4-10-7/h1,3,5,7,10H,2,4H2/t7-/m1/s1. The number of hydrogen-bond acceptors (Lipinski definition) is 2. The van der Waals surface area contributed by atoms with E-state index in [1.54, 1.807) is 0 Å². The number of pyridine rings is 1. The van der Waals surface area contributed by atoms with E-state index >= 15 is 0 Å². The molecule has 1 atom stereocenters. The molecule has 1 aromatic heterocycles. The Labute approximate surface area is 74.2 Å². The Kier molecular flexibility index (Phi) is 1.92. The molecule has 1 fully saturated rings. The first-order chi connectivity index (χ1) is 5.36. The Bertz CT molecular complexity index is 258. The topological polar surface area (TPSA) is 24.9 Å². The molecule has 0 bridgehead atoms. The van der Waals surface area contributed by atoms with Gasteiger partial charge in [-0.3, -0.25) is 0 Å². The molecule has 0 saturated carbocycles. The lowest BCUT2D eigenvalue weighted by Crippen LogP contribution is -2.34. The summed E-state index contributed by atoms with van der Waals surface area (Å²) in [6.45, 7) is 1.14. The molecule has 1 saturated heterocycles. The molecule has 11 heavy (non-hydrogen) atoms. The van der Waals surface area contributed by atoms with Gasteiger partial charge in [0.25, 0.3) is 0 Å². The fourth-order valence-corrected chi connectivity index (χ4v) is 1.59. The minimum atomic E-state index is 0.564. The van der Waals surface area contributed by atoms with E-state index in [9.17, 15) is 0 Å². The third-order valence-corrected chi connectivity index (χ3v) is 2.41. The monoisotopic (exact) mass is 212 g/mol. The van der Waals surface area contributed by atoms with Crippen LogP contribution in [0.1, 0.15) is 18.0 Å². The van der Waals surface area contributed by atoms with Crippen LogP contribution in [-0.4, -0.2) is 11.5 Å². The van der Waals surface area contributed by atoms with Crippen LogP contribution < -0.4 is 5.32 Å². The molecule has 58 valence electrons. The van der Waals surface area contributed by atoms with Crippen molar-refractivity contribution in [1.82, 2.24) is 10.3 Å². The quantitative estimate of drug-likeness (QED) is 0.720. The van der Waals surface area contributed by atoms with E-state index in [-0.39, 0.29) is 0 Å². The zero-order valence-corrected chi connectivity index (χ0v) is 7.63. The van der Waals surface area contributed by atoms with Gasteiger partial charge in [0.05, 0.1) is 0 Å². The first kappa shape index (κ1) is 7.25. The van der Waals surface area contributed by atoms with Crippen LogP contribution in [0.25, 0.3) is 0 Å². The highest BCUT2D eigenvalue weighted by atomic mass is 79.9. The summed E-state index contributed by atoms with van der Waals surface area (Å²) in [5, 5.41) is 3.34. The van der Waals surface area contributed by atoms with Crippen LogP contribution in [0, 0.1) is 0 Å². The van der Waals surface area contributed by atoms with E-state index in [1.165, 1.54) is 12.0 Å². The molecule has 1 aliphatic heterocycles. The molecular weight excluding hydrogens is 204 g/mol. The van der Waals surface area contributed by atoms with Crippen molar-refractivity contribution in [2.24, 2.45) is 0 Å². The molecule has 2 heterocycles. The van der Waals surface area contributed by atoms with Gasteiger partial charge in [0.2, 0.25) is 0 Å². The smallest absolute Gasteiger partial charge is 0.106 e. The normalized spacial score (nSPS) is 22.8. The summed E-state index contributed by atoms with van der Waals surface area (Å²) in [7, 11) is 0. The van der Waals surface area contributed by atoms with Gasteiger partial charge in [0.15, 0.2) is 0 Å². The number of nitrogens with one attached hydrogen (secondary N) is 1. The lowest BCUT2D eigenvalue weighted by Gasteiger charge is -2.27. The van der Waals surface area contributed by atoms with Crippen LogP contribution in [0.3, 0.4) is 0 Å². The Morgan fingerprint density at radius 1 is 1.64 bits per heavy atom. The van der Waals surface area contributed by atoms with E-state index in [1.807, 2.05) is 6.20 Å². The maximum atomic E-state index is 4.07. The van der Waals surface area contributed by atoms with Crippen LogP contribution in [0.2, 0.25) is 0 Å². The summed E-state index contributed by atoms with van der Waals surface area (Å²) in [5.41, 5.74) is 1.33. The number of aromatic nitrogens is 1. The van der Waals surface area contributed by atoms with Gasteiger partial charge in [0, 0.05) is 12.2 Å². The highest BCUT2D eigenvalue weighted by Crippen LogP contribution is 2.23. The van der Waals surface area contributed by atoms with E-state index < -0.39 is 0 Å². The molecule has 0 aromatic carbocycles. The molecule has 2 nitrogen and oxygen atoms in total. The van der Waals surface area contributed by atoms with Crippen molar-refractivity contribution >= 4 is 15.9 Å². The predicted molar refractivity (Wildman–Crippen MR) is 47.3 cm³/mol. The maximum Gasteiger partial charge on any atom is 0.106 e. The minimum Gasteiger partial charge on any atom is -0.310 e. The summed E-state index contributed by atoms with van der Waals surface area (Å²) in [5.74, 6) is 0. The van der Waals surface area contributed by atoms with Gasteiger partial charge in [-0.15, -0.1) is 0 Å². The van der Waals surface area contributed by atoms with Crippen LogP contribution in [-0.2, 0) is 0 Å². The molecule has 2 rings (SSSR count). The Balaban J connectivity index is 2.23. The lowest BCUT2D eigenvalue weighted by atomic mass is 9.99. The Morgan fingerprint density at radius 3 is 3.00 bits per heavy atom. The first-order valence-electron chi connectivity index (χ1n) is 3.71. The lowest BCUT2D eigenvalue weighted by molar-refractivity contribution is 0.383. The van der Waals surface area contributed by atoms with E-state index in [4.69, 9.17) is 0 Å². The van der Waals surface area contributed by atoms with Gasteiger partial charge in [-0.05, 0) is 46.6 Å². The number of nitrogens with zero attached hydrogens (tertiary/aromatic N) is 1. The highest BCUT2D eigenvalue weighted by molar-refractivity contribution is 9.10. The summed E-state index contributed by atoms with van der Waals surface area (Å²) < 4.78 is 0.920. The van der Waals surface area contributed by atoms with Crippen LogP contribution in [0.5, 0.6) is 0 Å². The van der Waals surface area contributed by atoms with Crippen LogP contribution in [0.15, 0.2) is 22.9 Å². The fraction of sp³-hybridized carbons (Fsp3) is 0.375. The summed E-state index contributed by atoms with van der Waals surface area (Å²) in [6.07, 6.45) is 3.08. The Hall–Kier alpha value is -0.410. The first-order valence-corrected chi connectivity index (χ1v) is 4.50. The molecule has 0 spiro atoms. The van der Waals surface area contributed by atoms with Gasteiger partial charge >= 0.3 is 0 Å². The summed E-state index contributed by atoms with van der Waals surface area (Å²) in [6, 6.07) is 4.69. The summed E-state index contributed by atoms with van der Waals surface area (Å²) in [4.78, 5) is 4.07. The van der Waals surface area contributed by atoms with Crippen molar-refractivity contribution in [3.63, 3.8) is 0 Å². The molecular formula is C8H9BrN2. The molecule has 3 heteroatoms. The second-order valence-electron chi connectivity index (χ2n) is 2.71. The molecule has 1 N–H and O–H groups in total. The molecule has 1 aromatic rings. The molecule has 0 radical (unpaired) electrons. The minimum absolute atomic E-state index is 0.564. The second-order valence-corrected chi connectivity index (χ2v) is 3.52. The van der Waals surface area contributed by atoms with Crippen molar-refractivity contribution in [2.75, 3.05) is 6.54 Å². The second kappa shape index (κ2) is 2.91. The van der Waals surface area contributed by atoms with Crippen molar-refractivity contribution in [2.45, 2.75) is 12.5 Å². The third kappa shape index (κ3) is 1.44.